The molecular weight excluding hydrogens is 266 g/mol. The second-order valence-corrected chi connectivity index (χ2v) is 4.30. The van der Waals surface area contributed by atoms with Crippen molar-refractivity contribution in [2.45, 2.75) is 18.3 Å². The van der Waals surface area contributed by atoms with E-state index in [1.54, 1.807) is 0 Å². The van der Waals surface area contributed by atoms with Crippen molar-refractivity contribution < 1.29 is 18.3 Å². The molecule has 6 heteroatoms. The SMILES string of the molecule is N#C[C@@H](c1ccc(F)cc1F)[C@H](CCO)c1cnco1. The van der Waals surface area contributed by atoms with Crippen LogP contribution in [0.2, 0.25) is 0 Å². The van der Waals surface area contributed by atoms with Gasteiger partial charge in [0, 0.05) is 24.2 Å². The number of aliphatic hydroxyl groups excluding tert-OH is 1. The summed E-state index contributed by atoms with van der Waals surface area (Å²) in [5, 5.41) is 18.4. The van der Waals surface area contributed by atoms with Crippen molar-refractivity contribution in [2.24, 2.45) is 0 Å². The van der Waals surface area contributed by atoms with Gasteiger partial charge < -0.3 is 9.52 Å². The lowest BCUT2D eigenvalue weighted by Crippen LogP contribution is -2.13. The van der Waals surface area contributed by atoms with Crippen LogP contribution in [0.1, 0.15) is 29.6 Å². The summed E-state index contributed by atoms with van der Waals surface area (Å²) in [6, 6.07) is 5.05. The highest BCUT2D eigenvalue weighted by atomic mass is 19.1. The van der Waals surface area contributed by atoms with Crippen LogP contribution in [-0.2, 0) is 0 Å². The number of hydrogen-bond donors (Lipinski definition) is 1. The lowest BCUT2D eigenvalue weighted by Gasteiger charge is -2.19. The summed E-state index contributed by atoms with van der Waals surface area (Å²) in [6.07, 6.45) is 2.84. The molecular formula is C14H12F2N2O2. The molecule has 0 radical (unpaired) electrons. The molecule has 1 heterocycles. The summed E-state index contributed by atoms with van der Waals surface area (Å²) in [4.78, 5) is 3.76. The van der Waals surface area contributed by atoms with Crippen LogP contribution in [0.3, 0.4) is 0 Å². The number of nitriles is 1. The molecule has 1 N–H and O–H groups in total. The van der Waals surface area contributed by atoms with Gasteiger partial charge in [-0.2, -0.15) is 5.26 Å². The average Bonchev–Trinajstić information content (AvgIpc) is 2.94. The van der Waals surface area contributed by atoms with Crippen molar-refractivity contribution in [3.05, 3.63) is 53.7 Å². The topological polar surface area (TPSA) is 70.0 Å². The Labute approximate surface area is 114 Å². The van der Waals surface area contributed by atoms with Gasteiger partial charge in [0.15, 0.2) is 6.39 Å². The Morgan fingerprint density at radius 2 is 2.20 bits per heavy atom. The predicted octanol–water partition coefficient (Wildman–Crippen LogP) is 2.73. The lowest BCUT2D eigenvalue weighted by atomic mass is 9.83. The minimum atomic E-state index is -0.893. The van der Waals surface area contributed by atoms with Gasteiger partial charge in [-0.25, -0.2) is 13.8 Å². The molecule has 0 aliphatic rings. The Hall–Kier alpha value is -2.26. The molecule has 0 bridgehead atoms. The molecule has 20 heavy (non-hydrogen) atoms. The van der Waals surface area contributed by atoms with Crippen molar-refractivity contribution in [3.63, 3.8) is 0 Å². The molecule has 0 saturated carbocycles. The minimum Gasteiger partial charge on any atom is -0.448 e. The molecule has 0 amide bonds. The fourth-order valence-electron chi connectivity index (χ4n) is 2.15. The first-order valence-corrected chi connectivity index (χ1v) is 6.01. The average molecular weight is 278 g/mol. The van der Waals surface area contributed by atoms with Crippen molar-refractivity contribution >= 4 is 0 Å². The van der Waals surface area contributed by atoms with Gasteiger partial charge in [0.1, 0.15) is 17.4 Å². The minimum absolute atomic E-state index is 0.0729. The van der Waals surface area contributed by atoms with Crippen molar-refractivity contribution in [1.82, 2.24) is 4.98 Å². The quantitative estimate of drug-likeness (QED) is 0.912. The summed E-state index contributed by atoms with van der Waals surface area (Å²) < 4.78 is 31.9. The molecule has 1 aromatic heterocycles. The van der Waals surface area contributed by atoms with Crippen LogP contribution < -0.4 is 0 Å². The Balaban J connectivity index is 2.41. The fourth-order valence-corrected chi connectivity index (χ4v) is 2.15. The van der Waals surface area contributed by atoms with E-state index in [0.29, 0.717) is 5.76 Å². The van der Waals surface area contributed by atoms with Crippen LogP contribution in [-0.4, -0.2) is 16.7 Å². The third kappa shape index (κ3) is 2.83. The molecule has 0 saturated heterocycles. The van der Waals surface area contributed by atoms with E-state index in [1.165, 1.54) is 18.7 Å². The zero-order chi connectivity index (χ0) is 14.5. The summed E-state index contributed by atoms with van der Waals surface area (Å²) >= 11 is 0. The monoisotopic (exact) mass is 278 g/mol. The highest BCUT2D eigenvalue weighted by molar-refractivity contribution is 5.31. The number of aromatic nitrogens is 1. The third-order valence-electron chi connectivity index (χ3n) is 3.10. The Morgan fingerprint density at radius 3 is 2.75 bits per heavy atom. The molecule has 2 rings (SSSR count). The Kier molecular flexibility index (Phi) is 4.43. The van der Waals surface area contributed by atoms with Gasteiger partial charge in [0.2, 0.25) is 0 Å². The highest BCUT2D eigenvalue weighted by Crippen LogP contribution is 2.36. The van der Waals surface area contributed by atoms with E-state index in [4.69, 9.17) is 9.52 Å². The summed E-state index contributed by atoms with van der Waals surface area (Å²) in [5.41, 5.74) is 0.0729. The molecule has 2 aromatic rings. The summed E-state index contributed by atoms with van der Waals surface area (Å²) in [5.74, 6) is -2.56. The second kappa shape index (κ2) is 6.26. The number of nitrogens with zero attached hydrogens (tertiary/aromatic N) is 2. The van der Waals surface area contributed by atoms with Crippen LogP contribution in [0.5, 0.6) is 0 Å². The molecule has 0 unspecified atom stereocenters. The van der Waals surface area contributed by atoms with E-state index in [9.17, 15) is 14.0 Å². The summed E-state index contributed by atoms with van der Waals surface area (Å²) in [7, 11) is 0. The molecule has 0 aliphatic heterocycles. The van der Waals surface area contributed by atoms with Gasteiger partial charge in [-0.15, -0.1) is 0 Å². The van der Waals surface area contributed by atoms with Crippen molar-refractivity contribution in [2.75, 3.05) is 6.61 Å². The zero-order valence-corrected chi connectivity index (χ0v) is 10.5. The number of rotatable bonds is 5. The molecule has 2 atom stereocenters. The van der Waals surface area contributed by atoms with Crippen molar-refractivity contribution in [3.8, 4) is 6.07 Å². The van der Waals surface area contributed by atoms with E-state index in [2.05, 4.69) is 4.98 Å². The molecule has 4 nitrogen and oxygen atoms in total. The maximum Gasteiger partial charge on any atom is 0.180 e. The highest BCUT2D eigenvalue weighted by Gasteiger charge is 2.29. The van der Waals surface area contributed by atoms with Gasteiger partial charge in [0.25, 0.3) is 0 Å². The zero-order valence-electron chi connectivity index (χ0n) is 10.5. The first-order chi connectivity index (χ1) is 9.67. The summed E-state index contributed by atoms with van der Waals surface area (Å²) in [6.45, 7) is -0.188. The molecule has 1 aromatic carbocycles. The van der Waals surface area contributed by atoms with Gasteiger partial charge in [0.05, 0.1) is 18.2 Å². The first kappa shape index (κ1) is 14.2. The maximum absolute atomic E-state index is 13.8. The fraction of sp³-hybridized carbons (Fsp3) is 0.286. The maximum atomic E-state index is 13.8. The van der Waals surface area contributed by atoms with Gasteiger partial charge in [-0.1, -0.05) is 6.07 Å². The molecule has 0 fully saturated rings. The normalized spacial score (nSPS) is 13.7. The Bertz CT molecular complexity index is 608. The predicted molar refractivity (Wildman–Crippen MR) is 65.7 cm³/mol. The van der Waals surface area contributed by atoms with Crippen LogP contribution in [0.25, 0.3) is 0 Å². The standard InChI is InChI=1S/C14H12F2N2O2/c15-9-1-2-10(13(16)5-9)12(6-17)11(3-4-19)14-7-18-8-20-14/h1-2,5,7-8,11-12,19H,3-4H2/t11-,12-/m0/s1. The number of oxazole rings is 1. The largest absolute Gasteiger partial charge is 0.448 e. The van der Waals surface area contributed by atoms with Crippen LogP contribution in [0.15, 0.2) is 35.2 Å². The second-order valence-electron chi connectivity index (χ2n) is 4.30. The molecule has 0 aliphatic carbocycles. The van der Waals surface area contributed by atoms with E-state index in [-0.39, 0.29) is 18.6 Å². The van der Waals surface area contributed by atoms with Gasteiger partial charge in [-0.05, 0) is 12.5 Å². The number of hydrogen-bond acceptors (Lipinski definition) is 4. The van der Waals surface area contributed by atoms with E-state index >= 15 is 0 Å². The third-order valence-corrected chi connectivity index (χ3v) is 3.10. The Morgan fingerprint density at radius 1 is 1.40 bits per heavy atom. The van der Waals surface area contributed by atoms with Crippen LogP contribution in [0.4, 0.5) is 8.78 Å². The van der Waals surface area contributed by atoms with E-state index in [0.717, 1.165) is 12.1 Å². The number of benzene rings is 1. The number of aliphatic hydroxyl groups is 1. The lowest BCUT2D eigenvalue weighted by molar-refractivity contribution is 0.262. The van der Waals surface area contributed by atoms with Gasteiger partial charge in [-0.3, -0.25) is 0 Å². The first-order valence-electron chi connectivity index (χ1n) is 6.01. The molecule has 104 valence electrons. The van der Waals surface area contributed by atoms with Crippen LogP contribution in [0, 0.1) is 23.0 Å². The van der Waals surface area contributed by atoms with E-state index < -0.39 is 23.5 Å². The smallest absolute Gasteiger partial charge is 0.180 e. The van der Waals surface area contributed by atoms with Crippen LogP contribution >= 0.6 is 0 Å². The van der Waals surface area contributed by atoms with E-state index in [1.807, 2.05) is 6.07 Å². The number of halogens is 2. The van der Waals surface area contributed by atoms with Crippen molar-refractivity contribution in [1.29, 1.82) is 5.26 Å². The molecule has 0 spiro atoms. The van der Waals surface area contributed by atoms with Gasteiger partial charge >= 0.3 is 0 Å².